The maximum atomic E-state index is 12.6. The average molecular weight is 475 g/mol. The Kier molecular flexibility index (Phi) is 7.99. The number of rotatable bonds is 9. The van der Waals surface area contributed by atoms with Gasteiger partial charge >= 0.3 is 6.36 Å². The lowest BCUT2D eigenvalue weighted by Crippen LogP contribution is -2.38. The summed E-state index contributed by atoms with van der Waals surface area (Å²) >= 11 is 0. The number of halogens is 3. The van der Waals surface area contributed by atoms with Gasteiger partial charge in [0.1, 0.15) is 17.2 Å². The molecule has 1 aliphatic rings. The molecule has 0 aliphatic carbocycles. The van der Waals surface area contributed by atoms with Crippen molar-refractivity contribution in [2.75, 3.05) is 38.6 Å². The second-order valence-corrected chi connectivity index (χ2v) is 9.30. The molecule has 1 atom stereocenters. The summed E-state index contributed by atoms with van der Waals surface area (Å²) in [6.45, 7) is 3.39. The van der Waals surface area contributed by atoms with Crippen LogP contribution in [0, 0.1) is 0 Å². The van der Waals surface area contributed by atoms with Gasteiger partial charge in [0.25, 0.3) is 0 Å². The summed E-state index contributed by atoms with van der Waals surface area (Å²) < 4.78 is 76.3. The van der Waals surface area contributed by atoms with E-state index in [2.05, 4.69) is 9.64 Å². The van der Waals surface area contributed by atoms with Gasteiger partial charge in [0.15, 0.2) is 9.84 Å². The molecule has 0 saturated carbocycles. The lowest BCUT2D eigenvalue weighted by Gasteiger charge is -2.27. The van der Waals surface area contributed by atoms with E-state index in [1.54, 1.807) is 0 Å². The number of benzene rings is 2. The first kappa shape index (κ1) is 24.3. The SMILES string of the molecule is O=S(=O)(CC(O)CCN1CCOCC1)c1ccc(Oc2ccc(OC(F)(F)F)cc2)cc1. The molecule has 2 aromatic rings. The summed E-state index contributed by atoms with van der Waals surface area (Å²) in [6.07, 6.45) is -5.43. The van der Waals surface area contributed by atoms with E-state index in [4.69, 9.17) is 9.47 Å². The minimum absolute atomic E-state index is 0.0456. The van der Waals surface area contributed by atoms with Crippen molar-refractivity contribution in [3.63, 3.8) is 0 Å². The molecule has 1 fully saturated rings. The quantitative estimate of drug-likeness (QED) is 0.596. The van der Waals surface area contributed by atoms with Crippen molar-refractivity contribution in [3.8, 4) is 17.2 Å². The molecule has 32 heavy (non-hydrogen) atoms. The Labute approximate surface area is 184 Å². The molecule has 1 saturated heterocycles. The van der Waals surface area contributed by atoms with Crippen LogP contribution in [0.25, 0.3) is 0 Å². The van der Waals surface area contributed by atoms with Gasteiger partial charge in [-0.1, -0.05) is 0 Å². The van der Waals surface area contributed by atoms with Gasteiger partial charge in [-0.05, 0) is 55.0 Å². The van der Waals surface area contributed by atoms with Crippen molar-refractivity contribution >= 4 is 9.84 Å². The fourth-order valence-corrected chi connectivity index (χ4v) is 4.57. The van der Waals surface area contributed by atoms with Crippen molar-refractivity contribution in [3.05, 3.63) is 48.5 Å². The van der Waals surface area contributed by atoms with Gasteiger partial charge < -0.3 is 19.3 Å². The maximum absolute atomic E-state index is 12.6. The highest BCUT2D eigenvalue weighted by atomic mass is 32.2. The van der Waals surface area contributed by atoms with Crippen LogP contribution in [-0.4, -0.2) is 69.5 Å². The van der Waals surface area contributed by atoms with Gasteiger partial charge in [0.05, 0.1) is 30.0 Å². The Balaban J connectivity index is 1.53. The monoisotopic (exact) mass is 475 g/mol. The van der Waals surface area contributed by atoms with E-state index in [-0.39, 0.29) is 16.4 Å². The van der Waals surface area contributed by atoms with Crippen molar-refractivity contribution < 1.29 is 40.9 Å². The minimum Gasteiger partial charge on any atom is -0.457 e. The third-order valence-corrected chi connectivity index (χ3v) is 6.58. The standard InChI is InChI=1S/C21H24F3NO6S/c22-21(23,24)31-19-3-1-17(2-4-19)30-18-5-7-20(8-6-18)32(27,28)15-16(26)9-10-25-11-13-29-14-12-25/h1-8,16,26H,9-15H2. The number of hydrogen-bond donors (Lipinski definition) is 1. The summed E-state index contributed by atoms with van der Waals surface area (Å²) in [4.78, 5) is 2.16. The van der Waals surface area contributed by atoms with Gasteiger partial charge in [-0.15, -0.1) is 13.2 Å². The first-order valence-electron chi connectivity index (χ1n) is 9.95. The van der Waals surface area contributed by atoms with Crippen LogP contribution in [0.15, 0.2) is 53.4 Å². The van der Waals surface area contributed by atoms with Crippen LogP contribution >= 0.6 is 0 Å². The maximum Gasteiger partial charge on any atom is 0.573 e. The summed E-state index contributed by atoms with van der Waals surface area (Å²) in [7, 11) is -3.70. The lowest BCUT2D eigenvalue weighted by molar-refractivity contribution is -0.274. The largest absolute Gasteiger partial charge is 0.573 e. The van der Waals surface area contributed by atoms with Crippen molar-refractivity contribution in [1.82, 2.24) is 4.90 Å². The Morgan fingerprint density at radius 3 is 2.06 bits per heavy atom. The van der Waals surface area contributed by atoms with Crippen LogP contribution in [0.2, 0.25) is 0 Å². The molecule has 1 N–H and O–H groups in total. The Bertz CT molecular complexity index is 959. The second-order valence-electron chi connectivity index (χ2n) is 7.27. The molecule has 176 valence electrons. The minimum atomic E-state index is -4.78. The molecule has 1 unspecified atom stereocenters. The molecule has 0 amide bonds. The van der Waals surface area contributed by atoms with Crippen LogP contribution in [-0.2, 0) is 14.6 Å². The number of aliphatic hydroxyl groups excluding tert-OH is 1. The zero-order valence-electron chi connectivity index (χ0n) is 17.1. The van der Waals surface area contributed by atoms with E-state index in [0.29, 0.717) is 31.9 Å². The molecule has 2 aromatic carbocycles. The zero-order chi connectivity index (χ0) is 23.2. The number of nitrogens with zero attached hydrogens (tertiary/aromatic N) is 1. The smallest absolute Gasteiger partial charge is 0.457 e. The van der Waals surface area contributed by atoms with E-state index < -0.39 is 28.1 Å². The summed E-state index contributed by atoms with van der Waals surface area (Å²) in [5.41, 5.74) is 0. The average Bonchev–Trinajstić information content (AvgIpc) is 2.73. The predicted molar refractivity (Wildman–Crippen MR) is 110 cm³/mol. The summed E-state index contributed by atoms with van der Waals surface area (Å²) in [6, 6.07) is 10.4. The van der Waals surface area contributed by atoms with Gasteiger partial charge in [0.2, 0.25) is 0 Å². The molecule has 3 rings (SSSR count). The van der Waals surface area contributed by atoms with Gasteiger partial charge in [-0.25, -0.2) is 8.42 Å². The molecule has 0 spiro atoms. The molecule has 0 aromatic heterocycles. The van der Waals surface area contributed by atoms with E-state index in [1.807, 2.05) is 0 Å². The van der Waals surface area contributed by atoms with Gasteiger partial charge in [-0.3, -0.25) is 4.90 Å². The highest BCUT2D eigenvalue weighted by molar-refractivity contribution is 7.91. The fraction of sp³-hybridized carbons (Fsp3) is 0.429. The van der Waals surface area contributed by atoms with Crippen molar-refractivity contribution in [1.29, 1.82) is 0 Å². The van der Waals surface area contributed by atoms with Crippen LogP contribution in [0.3, 0.4) is 0 Å². The first-order valence-corrected chi connectivity index (χ1v) is 11.6. The molecule has 7 nitrogen and oxygen atoms in total. The number of sulfone groups is 1. The Morgan fingerprint density at radius 2 is 1.50 bits per heavy atom. The van der Waals surface area contributed by atoms with Crippen LogP contribution in [0.4, 0.5) is 13.2 Å². The molecule has 1 aliphatic heterocycles. The highest BCUT2D eigenvalue weighted by Crippen LogP contribution is 2.28. The normalized spacial score (nSPS) is 16.5. The molecular weight excluding hydrogens is 451 g/mol. The van der Waals surface area contributed by atoms with Crippen molar-refractivity contribution in [2.24, 2.45) is 0 Å². The Morgan fingerprint density at radius 1 is 0.969 bits per heavy atom. The van der Waals surface area contributed by atoms with Crippen LogP contribution < -0.4 is 9.47 Å². The molecule has 1 heterocycles. The first-order chi connectivity index (χ1) is 15.1. The number of morpholine rings is 1. The van der Waals surface area contributed by atoms with E-state index >= 15 is 0 Å². The fourth-order valence-electron chi connectivity index (χ4n) is 3.15. The zero-order valence-corrected chi connectivity index (χ0v) is 17.9. The molecular formula is C21H24F3NO6S. The number of hydrogen-bond acceptors (Lipinski definition) is 7. The van der Waals surface area contributed by atoms with Gasteiger partial charge in [-0.2, -0.15) is 0 Å². The van der Waals surface area contributed by atoms with Crippen LogP contribution in [0.1, 0.15) is 6.42 Å². The number of alkyl halides is 3. The number of ether oxygens (including phenoxy) is 3. The molecule has 0 bridgehead atoms. The summed E-state index contributed by atoms with van der Waals surface area (Å²) in [5.74, 6) is -0.202. The van der Waals surface area contributed by atoms with Crippen LogP contribution in [0.5, 0.6) is 17.2 Å². The predicted octanol–water partition coefficient (Wildman–Crippen LogP) is 3.23. The molecule has 0 radical (unpaired) electrons. The van der Waals surface area contributed by atoms with E-state index in [9.17, 15) is 26.7 Å². The Hall–Kier alpha value is -2.34. The molecule has 11 heteroatoms. The van der Waals surface area contributed by atoms with E-state index in [0.717, 1.165) is 25.2 Å². The topological polar surface area (TPSA) is 85.3 Å². The summed E-state index contributed by atoms with van der Waals surface area (Å²) in [5, 5.41) is 10.2. The van der Waals surface area contributed by atoms with Gasteiger partial charge in [0, 0.05) is 19.6 Å². The number of aliphatic hydroxyl groups is 1. The second kappa shape index (κ2) is 10.5. The third-order valence-electron chi connectivity index (χ3n) is 4.77. The van der Waals surface area contributed by atoms with Crippen molar-refractivity contribution in [2.45, 2.75) is 23.8 Å². The van der Waals surface area contributed by atoms with E-state index in [1.165, 1.54) is 36.4 Å². The third kappa shape index (κ3) is 7.66. The highest BCUT2D eigenvalue weighted by Gasteiger charge is 2.31. The lowest BCUT2D eigenvalue weighted by atomic mass is 10.2.